The number of nitrogens with zero attached hydrogens (tertiary/aromatic N) is 3. The third-order valence-electron chi connectivity index (χ3n) is 3.99. The van der Waals surface area contributed by atoms with Crippen LogP contribution >= 0.6 is 15.9 Å². The molecule has 0 aliphatic heterocycles. The minimum Gasteiger partial charge on any atom is -0.297 e. The summed E-state index contributed by atoms with van der Waals surface area (Å²) in [6.45, 7) is 7.85. The molecule has 0 unspecified atom stereocenters. The van der Waals surface area contributed by atoms with Gasteiger partial charge in [0.25, 0.3) is 5.91 Å². The molecule has 6 nitrogen and oxygen atoms in total. The highest BCUT2D eigenvalue weighted by Gasteiger charge is 2.07. The number of benzene rings is 1. The number of aromatic nitrogens is 2. The number of carbonyl (C=O) groups is 1. The SMILES string of the molecule is CCCN(CCn1cc(Br)c(C)n1)Cc1ccc(/C=C/C(=O)NO)cc1. The first-order valence-electron chi connectivity index (χ1n) is 8.64. The van der Waals surface area contributed by atoms with Gasteiger partial charge in [0.1, 0.15) is 0 Å². The van der Waals surface area contributed by atoms with E-state index in [4.69, 9.17) is 5.21 Å². The molecule has 0 aliphatic carbocycles. The van der Waals surface area contributed by atoms with Crippen LogP contribution in [0.4, 0.5) is 0 Å². The molecule has 0 saturated heterocycles. The first kappa shape index (κ1) is 20.4. The summed E-state index contributed by atoms with van der Waals surface area (Å²) in [6.07, 6.45) is 6.07. The van der Waals surface area contributed by atoms with Gasteiger partial charge in [0.05, 0.1) is 16.7 Å². The lowest BCUT2D eigenvalue weighted by Gasteiger charge is -2.21. The minimum absolute atomic E-state index is 0.538. The lowest BCUT2D eigenvalue weighted by atomic mass is 10.1. The van der Waals surface area contributed by atoms with Crippen molar-refractivity contribution in [3.8, 4) is 0 Å². The molecule has 1 amide bonds. The van der Waals surface area contributed by atoms with Crippen molar-refractivity contribution >= 4 is 27.9 Å². The van der Waals surface area contributed by atoms with E-state index in [0.717, 1.165) is 48.3 Å². The van der Waals surface area contributed by atoms with Crippen LogP contribution in [0.3, 0.4) is 0 Å². The molecule has 2 aromatic rings. The van der Waals surface area contributed by atoms with Gasteiger partial charge in [-0.3, -0.25) is 19.6 Å². The fraction of sp³-hybridized carbons (Fsp3) is 0.368. The van der Waals surface area contributed by atoms with Gasteiger partial charge >= 0.3 is 0 Å². The van der Waals surface area contributed by atoms with E-state index in [1.165, 1.54) is 11.6 Å². The van der Waals surface area contributed by atoms with Crippen molar-refractivity contribution in [3.05, 3.63) is 57.8 Å². The second-order valence-electron chi connectivity index (χ2n) is 6.15. The van der Waals surface area contributed by atoms with Gasteiger partial charge in [0.15, 0.2) is 0 Å². The molecule has 140 valence electrons. The van der Waals surface area contributed by atoms with E-state index in [2.05, 4.69) is 45.0 Å². The van der Waals surface area contributed by atoms with Crippen molar-refractivity contribution in [2.24, 2.45) is 0 Å². The Labute approximate surface area is 162 Å². The Morgan fingerprint density at radius 1 is 1.35 bits per heavy atom. The van der Waals surface area contributed by atoms with Crippen molar-refractivity contribution in [1.29, 1.82) is 0 Å². The Morgan fingerprint density at radius 2 is 2.08 bits per heavy atom. The number of hydrogen-bond acceptors (Lipinski definition) is 4. The van der Waals surface area contributed by atoms with E-state index in [1.54, 1.807) is 11.6 Å². The van der Waals surface area contributed by atoms with Gasteiger partial charge < -0.3 is 0 Å². The number of rotatable bonds is 9. The maximum Gasteiger partial charge on any atom is 0.267 e. The summed E-state index contributed by atoms with van der Waals surface area (Å²) in [6, 6.07) is 8.06. The molecule has 0 bridgehead atoms. The Balaban J connectivity index is 1.93. The lowest BCUT2D eigenvalue weighted by Crippen LogP contribution is -2.28. The van der Waals surface area contributed by atoms with Crippen molar-refractivity contribution in [3.63, 3.8) is 0 Å². The fourth-order valence-corrected chi connectivity index (χ4v) is 2.96. The van der Waals surface area contributed by atoms with Gasteiger partial charge in [-0.05, 0) is 53.0 Å². The smallest absolute Gasteiger partial charge is 0.267 e. The van der Waals surface area contributed by atoms with Gasteiger partial charge in [0, 0.05) is 25.4 Å². The van der Waals surface area contributed by atoms with E-state index in [9.17, 15) is 4.79 Å². The number of hydrogen-bond donors (Lipinski definition) is 2. The van der Waals surface area contributed by atoms with Gasteiger partial charge in [-0.1, -0.05) is 31.2 Å². The van der Waals surface area contributed by atoms with Crippen LogP contribution in [0.2, 0.25) is 0 Å². The summed E-state index contributed by atoms with van der Waals surface area (Å²) < 4.78 is 3.01. The van der Waals surface area contributed by atoms with Gasteiger partial charge in [-0.2, -0.15) is 5.10 Å². The zero-order chi connectivity index (χ0) is 18.9. The number of nitrogens with one attached hydrogen (secondary N) is 1. The highest BCUT2D eigenvalue weighted by atomic mass is 79.9. The molecule has 0 fully saturated rings. The zero-order valence-electron chi connectivity index (χ0n) is 15.2. The normalized spacial score (nSPS) is 11.4. The summed E-state index contributed by atoms with van der Waals surface area (Å²) in [5.74, 6) is -0.538. The fourth-order valence-electron chi connectivity index (χ4n) is 2.64. The molecule has 0 spiro atoms. The van der Waals surface area contributed by atoms with Crippen LogP contribution < -0.4 is 5.48 Å². The third kappa shape index (κ3) is 6.40. The van der Waals surface area contributed by atoms with E-state index in [-0.39, 0.29) is 0 Å². The molecule has 0 radical (unpaired) electrons. The van der Waals surface area contributed by atoms with Crippen LogP contribution in [0.5, 0.6) is 0 Å². The summed E-state index contributed by atoms with van der Waals surface area (Å²) >= 11 is 3.50. The summed E-state index contributed by atoms with van der Waals surface area (Å²) in [4.78, 5) is 13.4. The number of halogens is 1. The Morgan fingerprint density at radius 3 is 2.65 bits per heavy atom. The topological polar surface area (TPSA) is 70.4 Å². The van der Waals surface area contributed by atoms with Crippen LogP contribution in [0.1, 0.15) is 30.2 Å². The molecular weight excluding hydrogens is 396 g/mol. The molecular formula is C19H25BrN4O2. The van der Waals surface area contributed by atoms with Crippen LogP contribution in [0, 0.1) is 6.92 Å². The molecule has 2 rings (SSSR count). The summed E-state index contributed by atoms with van der Waals surface area (Å²) in [7, 11) is 0. The largest absolute Gasteiger partial charge is 0.297 e. The van der Waals surface area contributed by atoms with Gasteiger partial charge in [-0.25, -0.2) is 5.48 Å². The van der Waals surface area contributed by atoms with Crippen molar-refractivity contribution in [2.75, 3.05) is 13.1 Å². The first-order valence-corrected chi connectivity index (χ1v) is 9.44. The minimum atomic E-state index is -0.538. The molecule has 1 aromatic carbocycles. The predicted octanol–water partition coefficient (Wildman–Crippen LogP) is 3.38. The monoisotopic (exact) mass is 420 g/mol. The maximum atomic E-state index is 11.0. The molecule has 2 N–H and O–H groups in total. The third-order valence-corrected chi connectivity index (χ3v) is 4.77. The zero-order valence-corrected chi connectivity index (χ0v) is 16.7. The lowest BCUT2D eigenvalue weighted by molar-refractivity contribution is -0.124. The van der Waals surface area contributed by atoms with E-state index in [1.807, 2.05) is 29.9 Å². The maximum absolute atomic E-state index is 11.0. The van der Waals surface area contributed by atoms with Crippen molar-refractivity contribution < 1.29 is 10.0 Å². The van der Waals surface area contributed by atoms with Crippen molar-refractivity contribution in [1.82, 2.24) is 20.2 Å². The average molecular weight is 421 g/mol. The summed E-state index contributed by atoms with van der Waals surface area (Å²) in [5, 5.41) is 13.0. The molecule has 1 aromatic heterocycles. The van der Waals surface area contributed by atoms with Gasteiger partial charge in [-0.15, -0.1) is 0 Å². The molecule has 1 heterocycles. The first-order chi connectivity index (χ1) is 12.5. The Kier molecular flexibility index (Phi) is 8.03. The second kappa shape index (κ2) is 10.3. The quantitative estimate of drug-likeness (QED) is 0.370. The number of hydroxylamine groups is 1. The predicted molar refractivity (Wildman–Crippen MR) is 106 cm³/mol. The van der Waals surface area contributed by atoms with Crippen LogP contribution in [0.25, 0.3) is 6.08 Å². The highest BCUT2D eigenvalue weighted by Crippen LogP contribution is 2.14. The highest BCUT2D eigenvalue weighted by molar-refractivity contribution is 9.10. The van der Waals surface area contributed by atoms with Crippen LogP contribution in [-0.4, -0.2) is 38.9 Å². The Hall–Kier alpha value is -1.96. The average Bonchev–Trinajstić information content (AvgIpc) is 2.96. The number of amides is 1. The summed E-state index contributed by atoms with van der Waals surface area (Å²) in [5.41, 5.74) is 4.72. The molecule has 0 aliphatic rings. The number of carbonyl (C=O) groups excluding carboxylic acids is 1. The molecule has 26 heavy (non-hydrogen) atoms. The molecule has 0 atom stereocenters. The Bertz CT molecular complexity index is 721. The van der Waals surface area contributed by atoms with Crippen LogP contribution in [-0.2, 0) is 17.9 Å². The van der Waals surface area contributed by atoms with Crippen LogP contribution in [0.15, 0.2) is 41.0 Å². The molecule has 0 saturated carbocycles. The van der Waals surface area contributed by atoms with E-state index >= 15 is 0 Å². The second-order valence-corrected chi connectivity index (χ2v) is 7.01. The van der Waals surface area contributed by atoms with Gasteiger partial charge in [0.2, 0.25) is 0 Å². The van der Waals surface area contributed by atoms with E-state index in [0.29, 0.717) is 0 Å². The standard InChI is InChI=1S/C19H25BrN4O2/c1-3-10-23(11-12-24-14-18(20)15(2)21-24)13-17-6-4-16(5-7-17)8-9-19(25)22-26/h4-9,14,26H,3,10-13H2,1-2H3,(H,22,25)/b9-8+. The number of aryl methyl sites for hydroxylation is 1. The molecule has 7 heteroatoms. The van der Waals surface area contributed by atoms with E-state index < -0.39 is 5.91 Å². The van der Waals surface area contributed by atoms with Crippen molar-refractivity contribution in [2.45, 2.75) is 33.4 Å².